The Morgan fingerprint density at radius 1 is 0.775 bits per heavy atom. The van der Waals surface area contributed by atoms with E-state index >= 15 is 0 Å². The van der Waals surface area contributed by atoms with Crippen molar-refractivity contribution in [2.24, 2.45) is 11.8 Å². The first-order valence-corrected chi connectivity index (χ1v) is 13.4. The van der Waals surface area contributed by atoms with Gasteiger partial charge < -0.3 is 5.32 Å². The molecule has 0 saturated carbocycles. The summed E-state index contributed by atoms with van der Waals surface area (Å²) in [6.07, 6.45) is -2.73. The number of carbonyl (C=O) groups is 1. The molecule has 0 aliphatic rings. The Balaban J connectivity index is 2.13. The van der Waals surface area contributed by atoms with Crippen LogP contribution in [-0.4, -0.2) is 5.78 Å². The number of hydrogen-bond donors (Lipinski definition) is 1. The predicted octanol–water partition coefficient (Wildman–Crippen LogP) is 10.1. The van der Waals surface area contributed by atoms with Gasteiger partial charge in [-0.05, 0) is 96.7 Å². The minimum atomic E-state index is -4.48. The number of anilines is 1. The second-order valence-corrected chi connectivity index (χ2v) is 11.2. The molecule has 0 spiro atoms. The van der Waals surface area contributed by atoms with Gasteiger partial charge >= 0.3 is 6.18 Å². The van der Waals surface area contributed by atoms with Gasteiger partial charge in [-0.15, -0.1) is 0 Å². The summed E-state index contributed by atoms with van der Waals surface area (Å²) in [5.74, 6) is -4.16. The van der Waals surface area contributed by atoms with Gasteiger partial charge in [0.25, 0.3) is 0 Å². The van der Waals surface area contributed by atoms with Crippen molar-refractivity contribution in [2.75, 3.05) is 5.32 Å². The minimum Gasteiger partial charge on any atom is -0.378 e. The van der Waals surface area contributed by atoms with E-state index in [0.717, 1.165) is 24.3 Å². The average Bonchev–Trinajstić information content (AvgIpc) is 2.87. The van der Waals surface area contributed by atoms with Crippen molar-refractivity contribution in [2.45, 2.75) is 72.0 Å². The second-order valence-electron chi connectivity index (χ2n) is 11.2. The molecule has 3 aromatic rings. The molecule has 1 N–H and O–H groups in total. The van der Waals surface area contributed by atoms with E-state index in [2.05, 4.69) is 5.32 Å². The Morgan fingerprint density at radius 2 is 1.38 bits per heavy atom. The van der Waals surface area contributed by atoms with E-state index in [0.29, 0.717) is 41.6 Å². The van der Waals surface area contributed by atoms with Gasteiger partial charge in [-0.1, -0.05) is 45.9 Å². The third-order valence-corrected chi connectivity index (χ3v) is 6.88. The van der Waals surface area contributed by atoms with E-state index < -0.39 is 41.2 Å². The zero-order valence-electron chi connectivity index (χ0n) is 23.3. The molecule has 0 heterocycles. The molecular formula is C32H35F6NO. The molecule has 3 rings (SSSR count). The first-order valence-electron chi connectivity index (χ1n) is 13.4. The molecule has 40 heavy (non-hydrogen) atoms. The number of halogens is 6. The fourth-order valence-corrected chi connectivity index (χ4v) is 4.76. The summed E-state index contributed by atoms with van der Waals surface area (Å²) in [4.78, 5) is 12.7. The molecule has 0 aliphatic heterocycles. The van der Waals surface area contributed by atoms with Crippen LogP contribution in [0.4, 0.5) is 32.0 Å². The zero-order chi connectivity index (χ0) is 29.8. The molecule has 0 aromatic heterocycles. The SMILES string of the molecule is CC(=O)C(CC(C)C)c1cc(NC(CCC(C)C)c2cc(F)c(F)c(F)c2)cc(-c2ccc(C(F)(F)F)cc2)c1. The van der Waals surface area contributed by atoms with Crippen LogP contribution in [0.3, 0.4) is 0 Å². The summed E-state index contributed by atoms with van der Waals surface area (Å²) in [7, 11) is 0. The van der Waals surface area contributed by atoms with Gasteiger partial charge in [0.15, 0.2) is 17.5 Å². The summed E-state index contributed by atoms with van der Waals surface area (Å²) in [5.41, 5.74) is 1.76. The smallest absolute Gasteiger partial charge is 0.378 e. The summed E-state index contributed by atoms with van der Waals surface area (Å²) >= 11 is 0. The van der Waals surface area contributed by atoms with Crippen molar-refractivity contribution in [3.05, 3.63) is 88.7 Å². The van der Waals surface area contributed by atoms with Gasteiger partial charge in [-0.3, -0.25) is 4.79 Å². The van der Waals surface area contributed by atoms with Gasteiger partial charge in [0.2, 0.25) is 0 Å². The number of Topliss-reactive ketones (excluding diaryl/α,β-unsaturated/α-hetero) is 1. The highest BCUT2D eigenvalue weighted by molar-refractivity contribution is 5.84. The number of alkyl halides is 3. The Hall–Kier alpha value is -3.29. The Kier molecular flexibility index (Phi) is 10.1. The van der Waals surface area contributed by atoms with Crippen LogP contribution < -0.4 is 5.32 Å². The number of hydrogen-bond acceptors (Lipinski definition) is 2. The van der Waals surface area contributed by atoms with Crippen molar-refractivity contribution in [3.8, 4) is 11.1 Å². The monoisotopic (exact) mass is 563 g/mol. The van der Waals surface area contributed by atoms with Gasteiger partial charge in [0.1, 0.15) is 5.78 Å². The highest BCUT2D eigenvalue weighted by Crippen LogP contribution is 2.36. The molecule has 0 saturated heterocycles. The van der Waals surface area contributed by atoms with Crippen LogP contribution in [0.1, 0.15) is 82.5 Å². The van der Waals surface area contributed by atoms with Crippen LogP contribution in [0.2, 0.25) is 0 Å². The van der Waals surface area contributed by atoms with Crippen LogP contribution in [0, 0.1) is 29.3 Å². The molecule has 0 aliphatic carbocycles. The third kappa shape index (κ3) is 8.12. The highest BCUT2D eigenvalue weighted by Gasteiger charge is 2.30. The summed E-state index contributed by atoms with van der Waals surface area (Å²) < 4.78 is 81.5. The van der Waals surface area contributed by atoms with Gasteiger partial charge in [0.05, 0.1) is 11.6 Å². The van der Waals surface area contributed by atoms with Crippen LogP contribution >= 0.6 is 0 Å². The Morgan fingerprint density at radius 3 is 1.88 bits per heavy atom. The molecule has 0 radical (unpaired) electrons. The van der Waals surface area contributed by atoms with E-state index in [1.165, 1.54) is 19.1 Å². The maximum atomic E-state index is 14.2. The van der Waals surface area contributed by atoms with Gasteiger partial charge in [0, 0.05) is 11.6 Å². The average molecular weight is 564 g/mol. The second kappa shape index (κ2) is 12.9. The van der Waals surface area contributed by atoms with E-state index in [-0.39, 0.29) is 23.2 Å². The van der Waals surface area contributed by atoms with Gasteiger partial charge in [-0.2, -0.15) is 13.2 Å². The lowest BCUT2D eigenvalue weighted by molar-refractivity contribution is -0.137. The maximum absolute atomic E-state index is 14.2. The number of ketones is 1. The molecule has 2 unspecified atom stereocenters. The molecule has 2 atom stereocenters. The molecule has 0 bridgehead atoms. The number of carbonyl (C=O) groups excluding carboxylic acids is 1. The van der Waals surface area contributed by atoms with E-state index in [9.17, 15) is 31.1 Å². The maximum Gasteiger partial charge on any atom is 0.416 e. The predicted molar refractivity (Wildman–Crippen MR) is 147 cm³/mol. The Bertz CT molecular complexity index is 1290. The normalized spacial score (nSPS) is 13.5. The zero-order valence-corrected chi connectivity index (χ0v) is 23.3. The lowest BCUT2D eigenvalue weighted by Crippen LogP contribution is -2.15. The fraction of sp³-hybridized carbons (Fsp3) is 0.406. The molecule has 216 valence electrons. The molecule has 2 nitrogen and oxygen atoms in total. The lowest BCUT2D eigenvalue weighted by atomic mass is 9.85. The number of nitrogens with one attached hydrogen (secondary N) is 1. The van der Waals surface area contributed by atoms with Crippen molar-refractivity contribution in [1.82, 2.24) is 0 Å². The van der Waals surface area contributed by atoms with Gasteiger partial charge in [-0.25, -0.2) is 13.2 Å². The Labute approximate surface area is 231 Å². The first kappa shape index (κ1) is 31.2. The van der Waals surface area contributed by atoms with Crippen LogP contribution in [-0.2, 0) is 11.0 Å². The quantitative estimate of drug-likeness (QED) is 0.186. The highest BCUT2D eigenvalue weighted by atomic mass is 19.4. The van der Waals surface area contributed by atoms with Crippen molar-refractivity contribution < 1.29 is 31.1 Å². The molecule has 0 fully saturated rings. The van der Waals surface area contributed by atoms with Crippen molar-refractivity contribution in [1.29, 1.82) is 0 Å². The molecule has 0 amide bonds. The van der Waals surface area contributed by atoms with Crippen molar-refractivity contribution in [3.63, 3.8) is 0 Å². The summed E-state index contributed by atoms with van der Waals surface area (Å²) in [6, 6.07) is 11.4. The first-order chi connectivity index (χ1) is 18.6. The summed E-state index contributed by atoms with van der Waals surface area (Å²) in [5, 5.41) is 3.31. The van der Waals surface area contributed by atoms with E-state index in [1.807, 2.05) is 27.7 Å². The van der Waals surface area contributed by atoms with Crippen LogP contribution in [0.5, 0.6) is 0 Å². The van der Waals surface area contributed by atoms with Crippen molar-refractivity contribution >= 4 is 11.5 Å². The van der Waals surface area contributed by atoms with E-state index in [4.69, 9.17) is 0 Å². The van der Waals surface area contributed by atoms with Crippen LogP contribution in [0.15, 0.2) is 54.6 Å². The largest absolute Gasteiger partial charge is 0.416 e. The fourth-order valence-electron chi connectivity index (χ4n) is 4.76. The van der Waals surface area contributed by atoms with Crippen LogP contribution in [0.25, 0.3) is 11.1 Å². The number of rotatable bonds is 11. The molecule has 3 aromatic carbocycles. The summed E-state index contributed by atoms with van der Waals surface area (Å²) in [6.45, 7) is 9.51. The lowest BCUT2D eigenvalue weighted by Gasteiger charge is -2.24. The molecular weight excluding hydrogens is 528 g/mol. The molecule has 8 heteroatoms. The van der Waals surface area contributed by atoms with E-state index in [1.54, 1.807) is 18.2 Å². The minimum absolute atomic E-state index is 0.0525. The standard InChI is InChI=1S/C32H35F6NO/c1-18(2)6-11-30(24-16-28(33)31(35)29(34)17-24)39-26-14-22(21-7-9-25(10-8-21)32(36,37)38)13-23(15-26)27(20(5)40)12-19(3)4/h7-10,13-19,27,30,39H,6,11-12H2,1-5H3. The third-order valence-electron chi connectivity index (χ3n) is 6.88. The number of benzene rings is 3. The topological polar surface area (TPSA) is 29.1 Å².